The van der Waals surface area contributed by atoms with Gasteiger partial charge in [0.25, 0.3) is 0 Å². The van der Waals surface area contributed by atoms with Gasteiger partial charge in [-0.05, 0) is 78.9 Å². The number of carbonyl (C=O) groups excluding carboxylic acids is 1. The number of carbonyl (C=O) groups is 1. The summed E-state index contributed by atoms with van der Waals surface area (Å²) in [6.45, 7) is 15.6. The van der Waals surface area contributed by atoms with Crippen LogP contribution >= 0.6 is 0 Å². The lowest BCUT2D eigenvalue weighted by Crippen LogP contribution is -2.70. The molecule has 0 radical (unpaired) electrons. The summed E-state index contributed by atoms with van der Waals surface area (Å²) >= 11 is 0. The lowest BCUT2D eigenvalue weighted by atomic mass is 9.33. The van der Waals surface area contributed by atoms with Crippen molar-refractivity contribution in [3.8, 4) is 0 Å². The molecule has 7 aliphatic rings. The van der Waals surface area contributed by atoms with Gasteiger partial charge < -0.3 is 64.9 Å². The Kier molecular flexibility index (Phi) is 10.9. The van der Waals surface area contributed by atoms with Crippen LogP contribution in [0.5, 0.6) is 0 Å². The van der Waals surface area contributed by atoms with Crippen molar-refractivity contribution in [2.75, 3.05) is 13.2 Å². The number of aliphatic hydroxyl groups is 9. The van der Waals surface area contributed by atoms with E-state index in [2.05, 4.69) is 34.6 Å². The number of hydrogen-bond donors (Lipinski definition) is 9. The van der Waals surface area contributed by atoms with Crippen LogP contribution in [0.4, 0.5) is 0 Å². The molecule has 320 valence electrons. The summed E-state index contributed by atoms with van der Waals surface area (Å²) in [6.07, 6.45) is -10.4. The molecule has 2 heterocycles. The molecule has 6 fully saturated rings. The molecule has 0 aromatic rings. The van der Waals surface area contributed by atoms with Crippen LogP contribution in [0.2, 0.25) is 0 Å². The first kappa shape index (κ1) is 43.0. The molecule has 14 heteroatoms. The zero-order valence-electron chi connectivity index (χ0n) is 34.2. The second-order valence-corrected chi connectivity index (χ2v) is 20.8. The van der Waals surface area contributed by atoms with Gasteiger partial charge in [0, 0.05) is 23.2 Å². The maximum atomic E-state index is 13.3. The Morgan fingerprint density at radius 2 is 1.45 bits per heavy atom. The van der Waals surface area contributed by atoms with Crippen molar-refractivity contribution in [3.63, 3.8) is 0 Å². The molecule has 5 aliphatic carbocycles. The molecule has 14 nitrogen and oxygen atoms in total. The van der Waals surface area contributed by atoms with Gasteiger partial charge in [-0.1, -0.05) is 60.1 Å². The van der Waals surface area contributed by atoms with E-state index >= 15 is 0 Å². The molecule has 9 N–H and O–H groups in total. The normalized spacial score (nSPS) is 55.2. The highest BCUT2D eigenvalue weighted by atomic mass is 16.7. The molecular weight excluding hydrogens is 728 g/mol. The van der Waals surface area contributed by atoms with E-state index in [4.69, 9.17) is 18.9 Å². The van der Waals surface area contributed by atoms with Crippen molar-refractivity contribution in [3.05, 3.63) is 11.6 Å². The van der Waals surface area contributed by atoms with Crippen LogP contribution in [0.15, 0.2) is 11.6 Å². The van der Waals surface area contributed by atoms with Crippen LogP contribution in [0.25, 0.3) is 0 Å². The fourth-order valence-electron chi connectivity index (χ4n) is 13.6. The number of hydrogen-bond acceptors (Lipinski definition) is 14. The Labute approximate surface area is 330 Å². The highest BCUT2D eigenvalue weighted by Crippen LogP contribution is 2.75. The molecule has 7 rings (SSSR count). The minimum Gasteiger partial charge on any atom is -0.396 e. The lowest BCUT2D eigenvalue weighted by molar-refractivity contribution is -0.366. The van der Waals surface area contributed by atoms with Crippen molar-refractivity contribution >= 4 is 5.78 Å². The molecule has 0 bridgehead atoms. The molecule has 0 unspecified atom stereocenters. The highest BCUT2D eigenvalue weighted by molar-refractivity contribution is 5.86. The number of ketones is 1. The molecule has 4 saturated carbocycles. The van der Waals surface area contributed by atoms with Gasteiger partial charge in [-0.25, -0.2) is 0 Å². The molecule has 56 heavy (non-hydrogen) atoms. The Morgan fingerprint density at radius 3 is 2.09 bits per heavy atom. The SMILES string of the molecule is C[C@H]1O[C@@H](O[C@H]2CC[C@]3(C)[C@H]4[C@H](O)C=C5[C@@H]6CC(C)(C)C(=O)C[C@]6(CO)[C@@H](O)C[C@@]5(C)[C@]4(C)CC[C@H]3C2(C)C)[C@H](O)[C@@H](O[C@@H]2O[C@H](CO)[C@@H](O)[C@H](O)[C@H]2O)[C@H]1O. The third kappa shape index (κ3) is 6.01. The van der Waals surface area contributed by atoms with Crippen molar-refractivity contribution in [1.82, 2.24) is 0 Å². The number of rotatable bonds is 6. The predicted octanol–water partition coefficient (Wildman–Crippen LogP) is 0.938. The topological polar surface area (TPSA) is 236 Å². The summed E-state index contributed by atoms with van der Waals surface area (Å²) in [7, 11) is 0. The Hall–Kier alpha value is -1.11. The van der Waals surface area contributed by atoms with Gasteiger partial charge in [0.1, 0.15) is 48.5 Å². The predicted molar refractivity (Wildman–Crippen MR) is 199 cm³/mol. The van der Waals surface area contributed by atoms with E-state index in [1.54, 1.807) is 6.92 Å². The summed E-state index contributed by atoms with van der Waals surface area (Å²) in [4.78, 5) is 13.3. The second kappa shape index (κ2) is 14.2. The van der Waals surface area contributed by atoms with E-state index in [1.807, 2.05) is 19.9 Å². The van der Waals surface area contributed by atoms with Crippen molar-refractivity contribution in [2.45, 2.75) is 180 Å². The number of ether oxygens (including phenoxy) is 4. The first-order valence-corrected chi connectivity index (χ1v) is 20.8. The summed E-state index contributed by atoms with van der Waals surface area (Å²) in [5.74, 6) is -0.294. The van der Waals surface area contributed by atoms with E-state index in [0.29, 0.717) is 25.7 Å². The zero-order chi connectivity index (χ0) is 41.3. The summed E-state index contributed by atoms with van der Waals surface area (Å²) < 4.78 is 24.1. The van der Waals surface area contributed by atoms with Crippen LogP contribution in [0.1, 0.15) is 100 Å². The van der Waals surface area contributed by atoms with Gasteiger partial charge in [0.15, 0.2) is 12.6 Å². The maximum absolute atomic E-state index is 13.3. The largest absolute Gasteiger partial charge is 0.396 e. The van der Waals surface area contributed by atoms with Gasteiger partial charge in [0.2, 0.25) is 0 Å². The van der Waals surface area contributed by atoms with E-state index in [1.165, 1.54) is 0 Å². The summed E-state index contributed by atoms with van der Waals surface area (Å²) in [6, 6.07) is 0. The Morgan fingerprint density at radius 1 is 0.786 bits per heavy atom. The molecule has 2 aliphatic heterocycles. The molecule has 0 amide bonds. The van der Waals surface area contributed by atoms with Crippen LogP contribution in [0, 0.1) is 50.2 Å². The quantitative estimate of drug-likeness (QED) is 0.135. The van der Waals surface area contributed by atoms with Gasteiger partial charge in [0.05, 0.1) is 37.6 Å². The van der Waals surface area contributed by atoms with Crippen molar-refractivity contribution in [2.24, 2.45) is 50.2 Å². The second-order valence-electron chi connectivity index (χ2n) is 20.8. The third-order valence-corrected chi connectivity index (χ3v) is 17.2. The molecule has 0 spiro atoms. The average Bonchev–Trinajstić information content (AvgIpc) is 3.12. The van der Waals surface area contributed by atoms with Crippen molar-refractivity contribution in [1.29, 1.82) is 0 Å². The first-order chi connectivity index (χ1) is 25.9. The molecule has 20 atom stereocenters. The highest BCUT2D eigenvalue weighted by Gasteiger charge is 2.72. The van der Waals surface area contributed by atoms with Gasteiger partial charge in [-0.15, -0.1) is 0 Å². The van der Waals surface area contributed by atoms with Gasteiger partial charge in [-0.2, -0.15) is 0 Å². The first-order valence-electron chi connectivity index (χ1n) is 20.8. The minimum atomic E-state index is -1.73. The molecule has 0 aromatic carbocycles. The van der Waals surface area contributed by atoms with Crippen LogP contribution in [-0.2, 0) is 23.7 Å². The minimum absolute atomic E-state index is 0.0503. The molecule has 2 saturated heterocycles. The number of aliphatic hydroxyl groups excluding tert-OH is 9. The summed E-state index contributed by atoms with van der Waals surface area (Å²) in [5.41, 5.74) is -2.27. The standard InChI is InChI=1S/C42H68O14/c1-19-28(48)33(56-35-31(51)30(50)29(49)23(17-43)54-35)32(52)36(53-19)55-27-10-11-39(6)24(38(27,4)5)9-12-40(7)34(39)22(45)13-20-21-14-37(2,3)25(46)16-42(21,18-44)26(47)15-41(20,40)8/h13,19,21-24,26-36,43-45,47-52H,9-12,14-18H2,1-8H3/t19-,21+,22-,23-,24+,26+,27+,28+,29-,30+,31-,32-,33+,34-,35+,36+,39+,40-,41-,42-/m1/s1. The fraction of sp³-hybridized carbons (Fsp3) is 0.929. The maximum Gasteiger partial charge on any atom is 0.187 e. The van der Waals surface area contributed by atoms with Crippen LogP contribution < -0.4 is 0 Å². The number of fused-ring (bicyclic) bond motifs is 7. The van der Waals surface area contributed by atoms with Crippen LogP contribution in [-0.4, -0.2) is 145 Å². The monoisotopic (exact) mass is 796 g/mol. The van der Waals surface area contributed by atoms with E-state index in [9.17, 15) is 50.8 Å². The fourth-order valence-corrected chi connectivity index (χ4v) is 13.6. The van der Waals surface area contributed by atoms with E-state index < -0.39 is 113 Å². The lowest BCUT2D eigenvalue weighted by Gasteiger charge is -2.72. The number of Topliss-reactive ketones (excluding diaryl/α,β-unsaturated/α-hetero) is 1. The van der Waals surface area contributed by atoms with E-state index in [0.717, 1.165) is 18.4 Å². The average molecular weight is 797 g/mol. The smallest absolute Gasteiger partial charge is 0.187 e. The van der Waals surface area contributed by atoms with Gasteiger partial charge in [-0.3, -0.25) is 4.79 Å². The Balaban J connectivity index is 1.14. The third-order valence-electron chi connectivity index (χ3n) is 17.2. The van der Waals surface area contributed by atoms with Gasteiger partial charge >= 0.3 is 0 Å². The Bertz CT molecular complexity index is 1530. The molecular formula is C42H68O14. The summed E-state index contributed by atoms with van der Waals surface area (Å²) in [5, 5.41) is 98.6. The van der Waals surface area contributed by atoms with Crippen LogP contribution in [0.3, 0.4) is 0 Å². The molecule has 0 aromatic heterocycles. The number of allylic oxidation sites excluding steroid dienone is 1. The zero-order valence-corrected chi connectivity index (χ0v) is 34.2. The van der Waals surface area contributed by atoms with E-state index in [-0.39, 0.29) is 42.0 Å². The van der Waals surface area contributed by atoms with Crippen molar-refractivity contribution < 1.29 is 69.7 Å².